The molecule has 0 aliphatic carbocycles. The van der Waals surface area contributed by atoms with Crippen LogP contribution >= 0.6 is 0 Å². The van der Waals surface area contributed by atoms with E-state index in [4.69, 9.17) is 5.11 Å². The normalized spacial score (nSPS) is 19.4. The van der Waals surface area contributed by atoms with Crippen molar-refractivity contribution in [2.45, 2.75) is 25.8 Å². The number of nitrogens with one attached hydrogen (secondary N) is 1. The van der Waals surface area contributed by atoms with E-state index in [-0.39, 0.29) is 5.91 Å². The van der Waals surface area contributed by atoms with Crippen molar-refractivity contribution < 1.29 is 14.7 Å². The van der Waals surface area contributed by atoms with Gasteiger partial charge in [-0.15, -0.1) is 0 Å². The Hall–Kier alpha value is -1.14. The predicted octanol–water partition coefficient (Wildman–Crippen LogP) is -0.397. The van der Waals surface area contributed by atoms with Gasteiger partial charge in [-0.3, -0.25) is 14.5 Å². The van der Waals surface area contributed by atoms with Crippen LogP contribution in [0.3, 0.4) is 0 Å². The molecular formula is C12H23N3O3. The summed E-state index contributed by atoms with van der Waals surface area (Å²) in [5.41, 5.74) is 0. The van der Waals surface area contributed by atoms with Crippen LogP contribution in [0.2, 0.25) is 0 Å². The van der Waals surface area contributed by atoms with Gasteiger partial charge in [0.25, 0.3) is 0 Å². The molecule has 1 heterocycles. The first-order valence-corrected chi connectivity index (χ1v) is 6.44. The van der Waals surface area contributed by atoms with Crippen LogP contribution in [0.15, 0.2) is 0 Å². The maximum atomic E-state index is 11.1. The largest absolute Gasteiger partial charge is 0.480 e. The molecule has 1 rings (SSSR count). The molecule has 2 N–H and O–H groups in total. The maximum Gasteiger partial charge on any atom is 0.320 e. The van der Waals surface area contributed by atoms with Crippen LogP contribution in [0.1, 0.15) is 19.8 Å². The summed E-state index contributed by atoms with van der Waals surface area (Å²) in [6.07, 6.45) is 1.41. The zero-order valence-electron chi connectivity index (χ0n) is 11.2. The molecule has 18 heavy (non-hydrogen) atoms. The van der Waals surface area contributed by atoms with Crippen LogP contribution in [0.25, 0.3) is 0 Å². The molecule has 0 aromatic rings. The van der Waals surface area contributed by atoms with Gasteiger partial charge in [0.2, 0.25) is 5.91 Å². The van der Waals surface area contributed by atoms with Gasteiger partial charge in [0.15, 0.2) is 0 Å². The molecule has 0 radical (unpaired) electrons. The fourth-order valence-corrected chi connectivity index (χ4v) is 2.12. The Morgan fingerprint density at radius 3 is 2.39 bits per heavy atom. The number of carboxylic acid groups (broad SMARTS) is 1. The molecule has 104 valence electrons. The monoisotopic (exact) mass is 257 g/mol. The van der Waals surface area contributed by atoms with Crippen molar-refractivity contribution in [2.24, 2.45) is 0 Å². The highest BCUT2D eigenvalue weighted by Crippen LogP contribution is 2.07. The summed E-state index contributed by atoms with van der Waals surface area (Å²) >= 11 is 0. The fourth-order valence-electron chi connectivity index (χ4n) is 2.12. The smallest absolute Gasteiger partial charge is 0.320 e. The number of hydrogen-bond donors (Lipinski definition) is 2. The lowest BCUT2D eigenvalue weighted by Crippen LogP contribution is -2.51. The van der Waals surface area contributed by atoms with E-state index >= 15 is 0 Å². The molecule has 0 aromatic heterocycles. The third kappa shape index (κ3) is 4.62. The molecule has 1 amide bonds. The molecule has 1 fully saturated rings. The number of carboxylic acids is 1. The average molecular weight is 257 g/mol. The van der Waals surface area contributed by atoms with Crippen LogP contribution in [0.4, 0.5) is 0 Å². The molecule has 6 nitrogen and oxygen atoms in total. The van der Waals surface area contributed by atoms with Crippen LogP contribution < -0.4 is 5.32 Å². The molecule has 0 bridgehead atoms. The lowest BCUT2D eigenvalue weighted by atomic mass is 10.2. The summed E-state index contributed by atoms with van der Waals surface area (Å²) in [7, 11) is 1.65. The maximum absolute atomic E-state index is 11.1. The van der Waals surface area contributed by atoms with Gasteiger partial charge in [0.1, 0.15) is 6.04 Å². The number of hydrogen-bond acceptors (Lipinski definition) is 4. The minimum Gasteiger partial charge on any atom is -0.480 e. The molecule has 0 saturated carbocycles. The van der Waals surface area contributed by atoms with E-state index in [0.29, 0.717) is 6.42 Å². The first-order valence-electron chi connectivity index (χ1n) is 6.44. The second-order valence-corrected chi connectivity index (χ2v) is 4.67. The summed E-state index contributed by atoms with van der Waals surface area (Å²) in [6.45, 7) is 5.96. The molecule has 6 heteroatoms. The summed E-state index contributed by atoms with van der Waals surface area (Å²) in [6, 6.07) is -0.405. The van der Waals surface area contributed by atoms with Crippen LogP contribution in [0.5, 0.6) is 0 Å². The van der Waals surface area contributed by atoms with Crippen molar-refractivity contribution in [2.75, 3.05) is 39.8 Å². The zero-order valence-corrected chi connectivity index (χ0v) is 11.2. The molecule has 1 saturated heterocycles. The topological polar surface area (TPSA) is 72.9 Å². The quantitative estimate of drug-likeness (QED) is 0.677. The number of nitrogens with zero attached hydrogens (tertiary/aromatic N) is 2. The third-order valence-electron chi connectivity index (χ3n) is 3.47. The minimum absolute atomic E-state index is 0.0770. The average Bonchev–Trinajstić information content (AvgIpc) is 2.38. The van der Waals surface area contributed by atoms with Crippen molar-refractivity contribution in [3.8, 4) is 0 Å². The Kier molecular flexibility index (Phi) is 6.07. The van der Waals surface area contributed by atoms with E-state index in [1.807, 2.05) is 4.90 Å². The summed E-state index contributed by atoms with van der Waals surface area (Å²) in [5, 5.41) is 11.5. The number of aliphatic carboxylic acids is 1. The van der Waals surface area contributed by atoms with E-state index < -0.39 is 12.0 Å². The fraction of sp³-hybridized carbons (Fsp3) is 0.833. The number of amides is 1. The zero-order chi connectivity index (χ0) is 13.5. The molecule has 0 aromatic carbocycles. The number of carbonyl (C=O) groups excluding carboxylic acids is 1. The minimum atomic E-state index is -0.761. The second-order valence-electron chi connectivity index (χ2n) is 4.67. The van der Waals surface area contributed by atoms with Crippen LogP contribution in [-0.2, 0) is 9.59 Å². The molecule has 0 spiro atoms. The van der Waals surface area contributed by atoms with Gasteiger partial charge in [-0.2, -0.15) is 0 Å². The molecular weight excluding hydrogens is 234 g/mol. The van der Waals surface area contributed by atoms with Gasteiger partial charge in [-0.1, -0.05) is 0 Å². The molecule has 1 aliphatic rings. The Bertz CT molecular complexity index is 288. The lowest BCUT2D eigenvalue weighted by molar-refractivity contribution is -0.143. The van der Waals surface area contributed by atoms with Crippen molar-refractivity contribution in [1.29, 1.82) is 0 Å². The second kappa shape index (κ2) is 7.33. The van der Waals surface area contributed by atoms with E-state index in [1.165, 1.54) is 0 Å². The van der Waals surface area contributed by atoms with Gasteiger partial charge in [-0.05, 0) is 19.9 Å². The first kappa shape index (κ1) is 14.9. The van der Waals surface area contributed by atoms with E-state index in [2.05, 4.69) is 10.2 Å². The number of rotatable bonds is 6. The highest BCUT2D eigenvalue weighted by Gasteiger charge is 2.24. The third-order valence-corrected chi connectivity index (χ3v) is 3.47. The van der Waals surface area contributed by atoms with Crippen molar-refractivity contribution in [3.63, 3.8) is 0 Å². The summed E-state index contributed by atoms with van der Waals surface area (Å²) in [5.74, 6) is -0.684. The first-order chi connectivity index (χ1) is 8.54. The summed E-state index contributed by atoms with van der Waals surface area (Å²) < 4.78 is 0. The Morgan fingerprint density at radius 2 is 1.89 bits per heavy atom. The molecule has 1 aliphatic heterocycles. The predicted molar refractivity (Wildman–Crippen MR) is 68.4 cm³/mol. The van der Waals surface area contributed by atoms with Gasteiger partial charge >= 0.3 is 5.97 Å². The molecule has 1 unspecified atom stereocenters. The van der Waals surface area contributed by atoms with Gasteiger partial charge in [0, 0.05) is 39.6 Å². The van der Waals surface area contributed by atoms with Crippen LogP contribution in [0, 0.1) is 0 Å². The highest BCUT2D eigenvalue weighted by atomic mass is 16.4. The Labute approximate surface area is 108 Å². The van der Waals surface area contributed by atoms with Crippen LogP contribution in [-0.4, -0.2) is 72.6 Å². The standard InChI is InChI=1S/C12H23N3O3/c1-10(12(17)18)15-8-6-14(7-9-15)5-3-4-11(16)13-2/h10H,3-9H2,1-2H3,(H,13,16)(H,17,18). The van der Waals surface area contributed by atoms with E-state index in [9.17, 15) is 9.59 Å². The van der Waals surface area contributed by atoms with Crippen molar-refractivity contribution >= 4 is 11.9 Å². The van der Waals surface area contributed by atoms with Gasteiger partial charge in [-0.25, -0.2) is 0 Å². The Morgan fingerprint density at radius 1 is 1.28 bits per heavy atom. The summed E-state index contributed by atoms with van der Waals surface area (Å²) in [4.78, 5) is 26.2. The van der Waals surface area contributed by atoms with Gasteiger partial charge in [0.05, 0.1) is 0 Å². The van der Waals surface area contributed by atoms with E-state index in [0.717, 1.165) is 39.1 Å². The Balaban J connectivity index is 2.19. The van der Waals surface area contributed by atoms with Gasteiger partial charge < -0.3 is 15.3 Å². The number of carbonyl (C=O) groups is 2. The molecule has 1 atom stereocenters. The SMILES string of the molecule is CNC(=O)CCCN1CCN(C(C)C(=O)O)CC1. The number of piperazine rings is 1. The van der Waals surface area contributed by atoms with Crippen molar-refractivity contribution in [1.82, 2.24) is 15.1 Å². The van der Waals surface area contributed by atoms with Crippen molar-refractivity contribution in [3.05, 3.63) is 0 Å². The highest BCUT2D eigenvalue weighted by molar-refractivity contribution is 5.75. The van der Waals surface area contributed by atoms with E-state index in [1.54, 1.807) is 14.0 Å². The lowest BCUT2D eigenvalue weighted by Gasteiger charge is -2.36.